The van der Waals surface area contributed by atoms with Gasteiger partial charge in [-0.3, -0.25) is 4.79 Å². The van der Waals surface area contributed by atoms with Gasteiger partial charge < -0.3 is 16.0 Å². The average molecular weight is 287 g/mol. The molecular weight excluding hydrogens is 262 g/mol. The van der Waals surface area contributed by atoms with Gasteiger partial charge in [-0.1, -0.05) is 32.6 Å². The number of H-pyrrole nitrogens is 1. The predicted molar refractivity (Wildman–Crippen MR) is 88.4 cm³/mol. The summed E-state index contributed by atoms with van der Waals surface area (Å²) in [5.41, 5.74) is 8.07. The summed E-state index contributed by atoms with van der Waals surface area (Å²) in [5.74, 6) is -0.0326. The molecule has 1 aromatic heterocycles. The number of nitrogen functional groups attached to an aromatic ring is 1. The van der Waals surface area contributed by atoms with Crippen molar-refractivity contribution in [2.24, 2.45) is 0 Å². The molecular formula is C17H25N3O. The van der Waals surface area contributed by atoms with Crippen LogP contribution in [0.1, 0.15) is 56.3 Å². The van der Waals surface area contributed by atoms with Crippen molar-refractivity contribution in [3.63, 3.8) is 0 Å². The van der Waals surface area contributed by atoms with Gasteiger partial charge in [-0.25, -0.2) is 0 Å². The van der Waals surface area contributed by atoms with E-state index in [9.17, 15) is 4.79 Å². The fourth-order valence-electron chi connectivity index (χ4n) is 2.58. The summed E-state index contributed by atoms with van der Waals surface area (Å²) in [6.45, 7) is 4.26. The highest BCUT2D eigenvalue weighted by atomic mass is 16.1. The molecule has 1 atom stereocenters. The first-order chi connectivity index (χ1) is 10.1. The first-order valence-electron chi connectivity index (χ1n) is 7.79. The highest BCUT2D eigenvalue weighted by Crippen LogP contribution is 2.21. The minimum absolute atomic E-state index is 0.0326. The summed E-state index contributed by atoms with van der Waals surface area (Å²) >= 11 is 0. The van der Waals surface area contributed by atoms with Crippen LogP contribution >= 0.6 is 0 Å². The molecule has 0 radical (unpaired) electrons. The average Bonchev–Trinajstić information content (AvgIpc) is 2.86. The first-order valence-corrected chi connectivity index (χ1v) is 7.79. The van der Waals surface area contributed by atoms with Gasteiger partial charge in [0.25, 0.3) is 5.91 Å². The fourth-order valence-corrected chi connectivity index (χ4v) is 2.58. The number of nitrogens with one attached hydrogen (secondary N) is 2. The maximum Gasteiger partial charge on any atom is 0.253 e. The Labute approximate surface area is 126 Å². The minimum atomic E-state index is -0.0326. The summed E-state index contributed by atoms with van der Waals surface area (Å²) in [4.78, 5) is 15.5. The van der Waals surface area contributed by atoms with Gasteiger partial charge in [0.15, 0.2) is 0 Å². The van der Waals surface area contributed by atoms with Crippen molar-refractivity contribution in [1.82, 2.24) is 10.3 Å². The number of rotatable bonds is 7. The Morgan fingerprint density at radius 2 is 2.14 bits per heavy atom. The Morgan fingerprint density at radius 1 is 1.33 bits per heavy atom. The molecule has 0 fully saturated rings. The van der Waals surface area contributed by atoms with Crippen LogP contribution in [0.2, 0.25) is 0 Å². The summed E-state index contributed by atoms with van der Waals surface area (Å²) in [6.07, 6.45) is 7.68. The molecule has 0 saturated carbocycles. The van der Waals surface area contributed by atoms with Crippen molar-refractivity contribution in [3.05, 3.63) is 30.0 Å². The lowest BCUT2D eigenvalue weighted by atomic mass is 10.1. The molecule has 4 nitrogen and oxygen atoms in total. The van der Waals surface area contributed by atoms with Crippen LogP contribution < -0.4 is 11.1 Å². The topological polar surface area (TPSA) is 70.9 Å². The van der Waals surface area contributed by atoms with Crippen LogP contribution in [0.5, 0.6) is 0 Å². The molecule has 0 saturated heterocycles. The van der Waals surface area contributed by atoms with Crippen molar-refractivity contribution in [1.29, 1.82) is 0 Å². The van der Waals surface area contributed by atoms with Gasteiger partial charge in [0, 0.05) is 28.8 Å². The Kier molecular flexibility index (Phi) is 5.26. The van der Waals surface area contributed by atoms with E-state index in [-0.39, 0.29) is 11.9 Å². The molecule has 0 spiro atoms. The molecule has 1 aromatic carbocycles. The number of fused-ring (bicyclic) bond motifs is 1. The van der Waals surface area contributed by atoms with Gasteiger partial charge in [0.2, 0.25) is 0 Å². The maximum absolute atomic E-state index is 12.4. The fraction of sp³-hybridized carbons (Fsp3) is 0.471. The van der Waals surface area contributed by atoms with E-state index in [1.807, 2.05) is 18.2 Å². The van der Waals surface area contributed by atoms with Gasteiger partial charge in [-0.15, -0.1) is 0 Å². The lowest BCUT2D eigenvalue weighted by Crippen LogP contribution is -2.32. The molecule has 0 aliphatic heterocycles. The molecule has 4 N–H and O–H groups in total. The normalized spacial score (nSPS) is 12.5. The number of carbonyl (C=O) groups is 1. The van der Waals surface area contributed by atoms with E-state index >= 15 is 0 Å². The zero-order valence-corrected chi connectivity index (χ0v) is 12.9. The summed E-state index contributed by atoms with van der Waals surface area (Å²) < 4.78 is 0. The second kappa shape index (κ2) is 7.16. The zero-order valence-electron chi connectivity index (χ0n) is 12.9. The summed E-state index contributed by atoms with van der Waals surface area (Å²) in [5, 5.41) is 3.95. The highest BCUT2D eigenvalue weighted by Gasteiger charge is 2.14. The standard InChI is InChI=1S/C17H25N3O/c1-3-4-5-6-7-12(2)20-17(21)15-11-19-16-9-8-13(18)10-14(15)16/h8-12,19H,3-7,18H2,1-2H3,(H,20,21). The van der Waals surface area contributed by atoms with Gasteiger partial charge in [-0.2, -0.15) is 0 Å². The number of benzene rings is 1. The van der Waals surface area contributed by atoms with Crippen LogP contribution in [-0.4, -0.2) is 16.9 Å². The molecule has 2 rings (SSSR count). The molecule has 1 heterocycles. The molecule has 0 aliphatic carbocycles. The number of hydrogen-bond donors (Lipinski definition) is 3. The summed E-state index contributed by atoms with van der Waals surface area (Å²) in [6, 6.07) is 5.76. The third kappa shape index (κ3) is 4.00. The van der Waals surface area contributed by atoms with Gasteiger partial charge in [0.05, 0.1) is 5.56 Å². The quantitative estimate of drug-likeness (QED) is 0.535. The lowest BCUT2D eigenvalue weighted by molar-refractivity contribution is 0.0939. The van der Waals surface area contributed by atoms with Crippen LogP contribution in [0, 0.1) is 0 Å². The van der Waals surface area contributed by atoms with Gasteiger partial charge >= 0.3 is 0 Å². The molecule has 1 unspecified atom stereocenters. The van der Waals surface area contributed by atoms with E-state index < -0.39 is 0 Å². The van der Waals surface area contributed by atoms with Crippen molar-refractivity contribution in [3.8, 4) is 0 Å². The van der Waals surface area contributed by atoms with Gasteiger partial charge in [-0.05, 0) is 31.5 Å². The molecule has 1 amide bonds. The number of aromatic nitrogens is 1. The van der Waals surface area contributed by atoms with E-state index in [1.54, 1.807) is 6.20 Å². The third-order valence-corrected chi connectivity index (χ3v) is 3.82. The second-order valence-electron chi connectivity index (χ2n) is 5.73. The van der Waals surface area contributed by atoms with Crippen molar-refractivity contribution in [2.75, 3.05) is 5.73 Å². The number of unbranched alkanes of at least 4 members (excludes halogenated alkanes) is 3. The number of carbonyl (C=O) groups excluding carboxylic acids is 1. The predicted octanol–water partition coefficient (Wildman–Crippen LogP) is 3.84. The maximum atomic E-state index is 12.4. The smallest absolute Gasteiger partial charge is 0.253 e. The molecule has 21 heavy (non-hydrogen) atoms. The van der Waals surface area contributed by atoms with Crippen molar-refractivity contribution >= 4 is 22.5 Å². The molecule has 4 heteroatoms. The zero-order chi connectivity index (χ0) is 15.2. The summed E-state index contributed by atoms with van der Waals surface area (Å²) in [7, 11) is 0. The lowest BCUT2D eigenvalue weighted by Gasteiger charge is -2.13. The Hall–Kier alpha value is -1.97. The largest absolute Gasteiger partial charge is 0.399 e. The second-order valence-corrected chi connectivity index (χ2v) is 5.73. The van der Waals surface area contributed by atoms with Gasteiger partial charge in [0.1, 0.15) is 0 Å². The van der Waals surface area contributed by atoms with Crippen LogP contribution in [0.15, 0.2) is 24.4 Å². The number of aromatic amines is 1. The number of anilines is 1. The first kappa shape index (κ1) is 15.4. The number of hydrogen-bond acceptors (Lipinski definition) is 2. The van der Waals surface area contributed by atoms with E-state index in [0.29, 0.717) is 11.3 Å². The molecule has 0 aliphatic rings. The third-order valence-electron chi connectivity index (χ3n) is 3.82. The Bertz CT molecular complexity index is 603. The van der Waals surface area contributed by atoms with Crippen molar-refractivity contribution < 1.29 is 4.79 Å². The van der Waals surface area contributed by atoms with Crippen LogP contribution in [0.4, 0.5) is 5.69 Å². The van der Waals surface area contributed by atoms with E-state index in [2.05, 4.69) is 24.1 Å². The Morgan fingerprint density at radius 3 is 2.90 bits per heavy atom. The van der Waals surface area contributed by atoms with Crippen LogP contribution in [0.3, 0.4) is 0 Å². The van der Waals surface area contributed by atoms with E-state index in [1.165, 1.54) is 19.3 Å². The molecule has 0 bridgehead atoms. The Balaban J connectivity index is 1.97. The van der Waals surface area contributed by atoms with Crippen LogP contribution in [-0.2, 0) is 0 Å². The van der Waals surface area contributed by atoms with E-state index in [4.69, 9.17) is 5.73 Å². The SMILES string of the molecule is CCCCCCC(C)NC(=O)c1c[nH]c2ccc(N)cc12. The minimum Gasteiger partial charge on any atom is -0.399 e. The van der Waals surface area contributed by atoms with E-state index in [0.717, 1.165) is 23.7 Å². The van der Waals surface area contributed by atoms with Crippen molar-refractivity contribution in [2.45, 2.75) is 52.0 Å². The highest BCUT2D eigenvalue weighted by molar-refractivity contribution is 6.07. The number of nitrogens with two attached hydrogens (primary N) is 1. The number of amides is 1. The van der Waals surface area contributed by atoms with Crippen LogP contribution in [0.25, 0.3) is 10.9 Å². The monoisotopic (exact) mass is 287 g/mol. The molecule has 114 valence electrons. The molecule has 2 aromatic rings.